The van der Waals surface area contributed by atoms with Gasteiger partial charge in [0.2, 0.25) is 0 Å². The fraction of sp³-hybridized carbons (Fsp3) is 0.417. The summed E-state index contributed by atoms with van der Waals surface area (Å²) in [5, 5.41) is 2.76. The second kappa shape index (κ2) is 5.05. The minimum absolute atomic E-state index is 0.173. The first-order valence-corrected chi connectivity index (χ1v) is 5.34. The van der Waals surface area contributed by atoms with Crippen LogP contribution in [0.4, 0.5) is 4.79 Å². The molecular formula is C12H15NO4. The first-order chi connectivity index (χ1) is 8.24. The third kappa shape index (κ3) is 2.50. The maximum Gasteiger partial charge on any atom is 0.408 e. The molecule has 2 rings (SSSR count). The van der Waals surface area contributed by atoms with Gasteiger partial charge >= 0.3 is 6.09 Å². The molecule has 1 aliphatic rings. The van der Waals surface area contributed by atoms with Gasteiger partial charge in [0.15, 0.2) is 6.10 Å². The van der Waals surface area contributed by atoms with Gasteiger partial charge in [-0.25, -0.2) is 4.79 Å². The van der Waals surface area contributed by atoms with Gasteiger partial charge in [0.05, 0.1) is 19.8 Å². The highest BCUT2D eigenvalue weighted by atomic mass is 16.6. The third-order valence-electron chi connectivity index (χ3n) is 2.71. The normalized spacial score (nSPS) is 23.1. The summed E-state index contributed by atoms with van der Waals surface area (Å²) in [6, 6.07) is 7.34. The Hall–Kier alpha value is -1.75. The number of ether oxygens (including phenoxy) is 3. The number of carbonyl (C=O) groups excluding carboxylic acids is 1. The number of nitrogens with one attached hydrogen (secondary N) is 1. The summed E-state index contributed by atoms with van der Waals surface area (Å²) in [4.78, 5) is 11.2. The maximum absolute atomic E-state index is 11.2. The van der Waals surface area contributed by atoms with Crippen molar-refractivity contribution in [3.8, 4) is 5.75 Å². The van der Waals surface area contributed by atoms with Gasteiger partial charge in [-0.05, 0) is 17.7 Å². The summed E-state index contributed by atoms with van der Waals surface area (Å²) in [5.74, 6) is 0.780. The SMILES string of the molecule is COC[C@@H]1OC(=O)N[C@H]1c1ccc(OC)cc1. The monoisotopic (exact) mass is 237 g/mol. The zero-order valence-electron chi connectivity index (χ0n) is 9.80. The molecule has 2 atom stereocenters. The highest BCUT2D eigenvalue weighted by Gasteiger charge is 2.34. The molecule has 1 aromatic rings. The fourth-order valence-corrected chi connectivity index (χ4v) is 1.86. The Morgan fingerprint density at radius 2 is 2.00 bits per heavy atom. The molecule has 0 saturated carbocycles. The van der Waals surface area contributed by atoms with Gasteiger partial charge < -0.3 is 19.5 Å². The Labute approximate surface area is 99.7 Å². The molecule has 1 heterocycles. The van der Waals surface area contributed by atoms with Crippen molar-refractivity contribution in [3.63, 3.8) is 0 Å². The van der Waals surface area contributed by atoms with Gasteiger partial charge in [-0.1, -0.05) is 12.1 Å². The number of benzene rings is 1. The zero-order chi connectivity index (χ0) is 12.3. The van der Waals surface area contributed by atoms with Gasteiger partial charge in [0, 0.05) is 7.11 Å². The topological polar surface area (TPSA) is 56.8 Å². The summed E-state index contributed by atoms with van der Waals surface area (Å²) in [7, 11) is 3.19. The number of rotatable bonds is 4. The summed E-state index contributed by atoms with van der Waals surface area (Å²) >= 11 is 0. The van der Waals surface area contributed by atoms with E-state index in [4.69, 9.17) is 14.2 Å². The molecule has 1 aromatic carbocycles. The molecule has 0 radical (unpaired) electrons. The lowest BCUT2D eigenvalue weighted by Gasteiger charge is -2.16. The van der Waals surface area contributed by atoms with E-state index in [-0.39, 0.29) is 12.1 Å². The summed E-state index contributed by atoms with van der Waals surface area (Å²) in [5.41, 5.74) is 0.971. The molecule has 1 aliphatic heterocycles. The summed E-state index contributed by atoms with van der Waals surface area (Å²) < 4.78 is 15.2. The first kappa shape index (κ1) is 11.7. The predicted molar refractivity (Wildman–Crippen MR) is 61.0 cm³/mol. The standard InChI is InChI=1S/C12H15NO4/c1-15-7-10-11(13-12(14)17-10)8-3-5-9(16-2)6-4-8/h3-6,10-11H,7H2,1-2H3,(H,13,14)/t10-,11-/m0/s1. The number of alkyl carbamates (subject to hydrolysis) is 1. The highest BCUT2D eigenvalue weighted by molar-refractivity contribution is 5.70. The lowest BCUT2D eigenvalue weighted by Crippen LogP contribution is -2.25. The van der Waals surface area contributed by atoms with Crippen molar-refractivity contribution >= 4 is 6.09 Å². The van der Waals surface area contributed by atoms with Crippen LogP contribution in [-0.4, -0.2) is 33.0 Å². The number of carbonyl (C=O) groups is 1. The Morgan fingerprint density at radius 1 is 1.29 bits per heavy atom. The van der Waals surface area contributed by atoms with Gasteiger partial charge in [0.25, 0.3) is 0 Å². The van der Waals surface area contributed by atoms with Crippen LogP contribution in [0.3, 0.4) is 0 Å². The minimum atomic E-state index is -0.409. The smallest absolute Gasteiger partial charge is 0.408 e. The summed E-state index contributed by atoms with van der Waals surface area (Å²) in [6.45, 7) is 0.370. The number of hydrogen-bond acceptors (Lipinski definition) is 4. The van der Waals surface area contributed by atoms with E-state index in [0.29, 0.717) is 6.61 Å². The molecule has 0 spiro atoms. The molecule has 1 N–H and O–H groups in total. The van der Waals surface area contributed by atoms with Crippen molar-refractivity contribution in [3.05, 3.63) is 29.8 Å². The van der Waals surface area contributed by atoms with Crippen LogP contribution in [-0.2, 0) is 9.47 Å². The number of hydrogen-bond donors (Lipinski definition) is 1. The van der Waals surface area contributed by atoms with Crippen LogP contribution >= 0.6 is 0 Å². The van der Waals surface area contributed by atoms with Crippen molar-refractivity contribution in [2.24, 2.45) is 0 Å². The van der Waals surface area contributed by atoms with Crippen LogP contribution in [0.15, 0.2) is 24.3 Å². The van der Waals surface area contributed by atoms with Crippen molar-refractivity contribution in [1.29, 1.82) is 0 Å². The Morgan fingerprint density at radius 3 is 2.59 bits per heavy atom. The van der Waals surface area contributed by atoms with E-state index < -0.39 is 6.09 Å². The zero-order valence-corrected chi connectivity index (χ0v) is 9.80. The second-order valence-corrected chi connectivity index (χ2v) is 3.79. The quantitative estimate of drug-likeness (QED) is 0.862. The molecule has 5 heteroatoms. The van der Waals surface area contributed by atoms with Crippen LogP contribution in [0, 0.1) is 0 Å². The lowest BCUT2D eigenvalue weighted by molar-refractivity contribution is 0.0590. The van der Waals surface area contributed by atoms with Crippen molar-refractivity contribution < 1.29 is 19.0 Å². The van der Waals surface area contributed by atoms with Crippen LogP contribution in [0.25, 0.3) is 0 Å². The molecule has 5 nitrogen and oxygen atoms in total. The molecule has 0 aliphatic carbocycles. The average molecular weight is 237 g/mol. The van der Waals surface area contributed by atoms with Crippen molar-refractivity contribution in [2.75, 3.05) is 20.8 Å². The Bertz CT molecular complexity index is 390. The molecule has 0 bridgehead atoms. The molecule has 17 heavy (non-hydrogen) atoms. The maximum atomic E-state index is 11.2. The van der Waals surface area contributed by atoms with Gasteiger partial charge in [-0.2, -0.15) is 0 Å². The third-order valence-corrected chi connectivity index (χ3v) is 2.71. The molecule has 1 saturated heterocycles. The molecule has 0 aromatic heterocycles. The number of amides is 1. The van der Waals surface area contributed by atoms with E-state index in [0.717, 1.165) is 11.3 Å². The lowest BCUT2D eigenvalue weighted by atomic mass is 10.0. The second-order valence-electron chi connectivity index (χ2n) is 3.79. The number of cyclic esters (lactones) is 1. The van der Waals surface area contributed by atoms with E-state index in [1.54, 1.807) is 14.2 Å². The van der Waals surface area contributed by atoms with Gasteiger partial charge in [-0.3, -0.25) is 0 Å². The molecule has 92 valence electrons. The summed E-state index contributed by atoms with van der Waals surface area (Å²) in [6.07, 6.45) is -0.700. The average Bonchev–Trinajstić information content (AvgIpc) is 2.71. The molecule has 1 fully saturated rings. The Balaban J connectivity index is 2.16. The predicted octanol–water partition coefficient (Wildman–Crippen LogP) is 1.49. The van der Waals surface area contributed by atoms with E-state index >= 15 is 0 Å². The van der Waals surface area contributed by atoms with E-state index in [1.807, 2.05) is 24.3 Å². The number of methoxy groups -OCH3 is 2. The van der Waals surface area contributed by atoms with Crippen molar-refractivity contribution in [2.45, 2.75) is 12.1 Å². The van der Waals surface area contributed by atoms with Crippen molar-refractivity contribution in [1.82, 2.24) is 5.32 Å². The first-order valence-electron chi connectivity index (χ1n) is 5.34. The van der Waals surface area contributed by atoms with E-state index in [9.17, 15) is 4.79 Å². The van der Waals surface area contributed by atoms with Gasteiger partial charge in [-0.15, -0.1) is 0 Å². The highest BCUT2D eigenvalue weighted by Crippen LogP contribution is 2.26. The van der Waals surface area contributed by atoms with E-state index in [2.05, 4.69) is 5.32 Å². The Kier molecular flexibility index (Phi) is 3.49. The van der Waals surface area contributed by atoms with Crippen LogP contribution in [0.1, 0.15) is 11.6 Å². The largest absolute Gasteiger partial charge is 0.497 e. The molecule has 1 amide bonds. The molecular weight excluding hydrogens is 222 g/mol. The minimum Gasteiger partial charge on any atom is -0.497 e. The van der Waals surface area contributed by atoms with Gasteiger partial charge in [0.1, 0.15) is 5.75 Å². The van der Waals surface area contributed by atoms with E-state index in [1.165, 1.54) is 0 Å². The molecule has 0 unspecified atom stereocenters. The van der Waals surface area contributed by atoms with Crippen LogP contribution < -0.4 is 10.1 Å². The van der Waals surface area contributed by atoms with Crippen LogP contribution in [0.2, 0.25) is 0 Å². The van der Waals surface area contributed by atoms with Crippen LogP contribution in [0.5, 0.6) is 5.75 Å². The fourth-order valence-electron chi connectivity index (χ4n) is 1.86.